The van der Waals surface area contributed by atoms with Gasteiger partial charge in [0.2, 0.25) is 0 Å². The summed E-state index contributed by atoms with van der Waals surface area (Å²) in [5.74, 6) is 0.653. The molecule has 0 unspecified atom stereocenters. The molecule has 136 valence electrons. The number of H-pyrrole nitrogens is 1. The lowest BCUT2D eigenvalue weighted by molar-refractivity contribution is 0.985. The number of hydrogen-bond acceptors (Lipinski definition) is 2. The number of aryl methyl sites for hydroxylation is 6. The van der Waals surface area contributed by atoms with E-state index in [4.69, 9.17) is 0 Å². The molecule has 26 heavy (non-hydrogen) atoms. The summed E-state index contributed by atoms with van der Waals surface area (Å²) in [6.07, 6.45) is 0. The lowest BCUT2D eigenvalue weighted by Gasteiger charge is -2.07. The molecule has 0 aliphatic heterocycles. The molecule has 3 aromatic rings. The monoisotopic (exact) mass is 348 g/mol. The maximum Gasteiger partial charge on any atom is 0.259 e. The Bertz CT molecular complexity index is 961. The van der Waals surface area contributed by atoms with Crippen LogP contribution in [0.4, 0.5) is 0 Å². The molecule has 0 bridgehead atoms. The molecule has 0 saturated carbocycles. The largest absolute Gasteiger partial charge is 0.310 e. The first-order chi connectivity index (χ1) is 12.2. The van der Waals surface area contributed by atoms with E-state index < -0.39 is 0 Å². The van der Waals surface area contributed by atoms with E-state index in [2.05, 4.69) is 49.8 Å². The van der Waals surface area contributed by atoms with Crippen molar-refractivity contribution < 1.29 is 0 Å². The Morgan fingerprint density at radius 3 is 1.92 bits per heavy atom. The molecule has 0 aliphatic rings. The Morgan fingerprint density at radius 2 is 1.38 bits per heavy atom. The molecule has 1 N–H and O–H groups in total. The average molecular weight is 348 g/mol. The molecular weight excluding hydrogens is 320 g/mol. The van der Waals surface area contributed by atoms with E-state index in [1.54, 1.807) is 6.92 Å². The second-order valence-electron chi connectivity index (χ2n) is 6.95. The lowest BCUT2D eigenvalue weighted by atomic mass is 10.0. The van der Waals surface area contributed by atoms with Crippen LogP contribution in [0.1, 0.15) is 39.3 Å². The fourth-order valence-electron chi connectivity index (χ4n) is 3.15. The zero-order valence-corrected chi connectivity index (χ0v) is 16.8. The van der Waals surface area contributed by atoms with Gasteiger partial charge in [-0.15, -0.1) is 0 Å². The summed E-state index contributed by atoms with van der Waals surface area (Å²) >= 11 is 0. The molecule has 0 aliphatic carbocycles. The summed E-state index contributed by atoms with van der Waals surface area (Å²) in [4.78, 5) is 19.0. The topological polar surface area (TPSA) is 45.8 Å². The third-order valence-electron chi connectivity index (χ3n) is 4.70. The van der Waals surface area contributed by atoms with Gasteiger partial charge in [-0.2, -0.15) is 0 Å². The van der Waals surface area contributed by atoms with Crippen LogP contribution in [-0.2, 0) is 0 Å². The first-order valence-electron chi connectivity index (χ1n) is 8.88. The van der Waals surface area contributed by atoms with Crippen molar-refractivity contribution in [2.24, 2.45) is 0 Å². The van der Waals surface area contributed by atoms with Gasteiger partial charge in [-0.25, -0.2) is 4.98 Å². The second kappa shape index (κ2) is 8.13. The van der Waals surface area contributed by atoms with Crippen LogP contribution in [0, 0.1) is 48.5 Å². The second-order valence-corrected chi connectivity index (χ2v) is 6.95. The van der Waals surface area contributed by atoms with Crippen LogP contribution in [0.15, 0.2) is 41.2 Å². The van der Waals surface area contributed by atoms with Crippen LogP contribution in [0.3, 0.4) is 0 Å². The van der Waals surface area contributed by atoms with Crippen LogP contribution in [0.2, 0.25) is 0 Å². The quantitative estimate of drug-likeness (QED) is 0.650. The lowest BCUT2D eigenvalue weighted by Crippen LogP contribution is -2.14. The Labute approximate surface area is 156 Å². The van der Waals surface area contributed by atoms with E-state index >= 15 is 0 Å². The van der Waals surface area contributed by atoms with E-state index in [0.29, 0.717) is 11.4 Å². The molecule has 0 fully saturated rings. The van der Waals surface area contributed by atoms with Crippen LogP contribution in [0.5, 0.6) is 0 Å². The van der Waals surface area contributed by atoms with E-state index in [1.165, 1.54) is 22.3 Å². The van der Waals surface area contributed by atoms with Crippen LogP contribution in [0.25, 0.3) is 11.1 Å². The van der Waals surface area contributed by atoms with Gasteiger partial charge >= 0.3 is 0 Å². The maximum absolute atomic E-state index is 11.9. The Kier molecular flexibility index (Phi) is 6.14. The Balaban J connectivity index is 0.000000209. The van der Waals surface area contributed by atoms with Gasteiger partial charge in [0.25, 0.3) is 5.56 Å². The van der Waals surface area contributed by atoms with Crippen molar-refractivity contribution in [1.82, 2.24) is 9.97 Å². The number of aromatic amines is 1. The molecular formula is C23H28N2O. The fourth-order valence-corrected chi connectivity index (χ4v) is 3.15. The summed E-state index contributed by atoms with van der Waals surface area (Å²) < 4.78 is 0. The van der Waals surface area contributed by atoms with E-state index in [9.17, 15) is 4.79 Å². The minimum Gasteiger partial charge on any atom is -0.310 e. The highest BCUT2D eigenvalue weighted by Crippen LogP contribution is 2.21. The van der Waals surface area contributed by atoms with Gasteiger partial charge in [-0.1, -0.05) is 42.0 Å². The summed E-state index contributed by atoms with van der Waals surface area (Å²) in [6, 6.07) is 12.3. The van der Waals surface area contributed by atoms with Gasteiger partial charge < -0.3 is 4.98 Å². The molecule has 0 atom stereocenters. The SMILES string of the molecule is Cc1cc(C)c(C)c(C)c1.Cc1nc(C)c(-c2ccccc2C)c(=O)[nH]1. The zero-order valence-electron chi connectivity index (χ0n) is 16.8. The van der Waals surface area contributed by atoms with E-state index in [0.717, 1.165) is 16.8 Å². The maximum atomic E-state index is 11.9. The van der Waals surface area contributed by atoms with Gasteiger partial charge in [0.05, 0.1) is 11.3 Å². The molecule has 0 spiro atoms. The minimum absolute atomic E-state index is 0.0701. The van der Waals surface area contributed by atoms with Gasteiger partial charge in [-0.05, 0) is 76.3 Å². The average Bonchev–Trinajstić information content (AvgIpc) is 2.54. The van der Waals surface area contributed by atoms with Crippen LogP contribution >= 0.6 is 0 Å². The van der Waals surface area contributed by atoms with Gasteiger partial charge in [0.1, 0.15) is 5.82 Å². The summed E-state index contributed by atoms with van der Waals surface area (Å²) in [6.45, 7) is 14.3. The predicted octanol–water partition coefficient (Wildman–Crippen LogP) is 5.28. The van der Waals surface area contributed by atoms with Gasteiger partial charge in [0.15, 0.2) is 0 Å². The summed E-state index contributed by atoms with van der Waals surface area (Å²) in [5.41, 5.74) is 9.00. The Hall–Kier alpha value is -2.68. The molecule has 3 nitrogen and oxygen atoms in total. The molecule has 0 radical (unpaired) electrons. The highest BCUT2D eigenvalue weighted by molar-refractivity contribution is 5.68. The molecule has 1 aromatic heterocycles. The first kappa shape index (κ1) is 19.6. The third-order valence-corrected chi connectivity index (χ3v) is 4.70. The smallest absolute Gasteiger partial charge is 0.259 e. The van der Waals surface area contributed by atoms with Crippen molar-refractivity contribution >= 4 is 0 Å². The van der Waals surface area contributed by atoms with E-state index in [-0.39, 0.29) is 5.56 Å². The molecule has 0 amide bonds. The van der Waals surface area contributed by atoms with E-state index in [1.807, 2.05) is 38.1 Å². The van der Waals surface area contributed by atoms with Crippen molar-refractivity contribution in [2.75, 3.05) is 0 Å². The molecule has 3 rings (SSSR count). The van der Waals surface area contributed by atoms with Crippen LogP contribution in [-0.4, -0.2) is 9.97 Å². The van der Waals surface area contributed by atoms with Crippen LogP contribution < -0.4 is 5.56 Å². The molecule has 0 saturated heterocycles. The number of benzene rings is 2. The summed E-state index contributed by atoms with van der Waals surface area (Å²) in [7, 11) is 0. The number of aromatic nitrogens is 2. The van der Waals surface area contributed by atoms with Crippen molar-refractivity contribution in [1.29, 1.82) is 0 Å². The van der Waals surface area contributed by atoms with Crippen molar-refractivity contribution in [3.05, 3.63) is 86.1 Å². The van der Waals surface area contributed by atoms with Gasteiger partial charge in [0, 0.05) is 0 Å². The molecule has 2 aromatic carbocycles. The standard InChI is InChI=1S/C13H14N2O.C10H14/c1-8-6-4-5-7-11(8)12-9(2)14-10(3)15-13(12)16;1-7-5-8(2)10(4)9(3)6-7/h4-7H,1-3H3,(H,14,15,16);5-6H,1-4H3. The third kappa shape index (κ3) is 4.48. The molecule has 1 heterocycles. The number of rotatable bonds is 1. The minimum atomic E-state index is -0.0701. The number of hydrogen-bond donors (Lipinski definition) is 1. The predicted molar refractivity (Wildman–Crippen MR) is 110 cm³/mol. The van der Waals surface area contributed by atoms with Gasteiger partial charge in [-0.3, -0.25) is 4.79 Å². The Morgan fingerprint density at radius 1 is 0.808 bits per heavy atom. The fraction of sp³-hybridized carbons (Fsp3) is 0.304. The number of nitrogens with one attached hydrogen (secondary N) is 1. The highest BCUT2D eigenvalue weighted by Gasteiger charge is 2.10. The molecule has 3 heteroatoms. The van der Waals surface area contributed by atoms with Crippen molar-refractivity contribution in [3.63, 3.8) is 0 Å². The summed E-state index contributed by atoms with van der Waals surface area (Å²) in [5, 5.41) is 0. The van der Waals surface area contributed by atoms with Crippen molar-refractivity contribution in [2.45, 2.75) is 48.5 Å². The number of nitrogens with zero attached hydrogens (tertiary/aromatic N) is 1. The highest BCUT2D eigenvalue weighted by atomic mass is 16.1. The normalized spacial score (nSPS) is 10.3. The van der Waals surface area contributed by atoms with Crippen molar-refractivity contribution in [3.8, 4) is 11.1 Å². The zero-order chi connectivity index (χ0) is 19.4. The first-order valence-corrected chi connectivity index (χ1v) is 8.88.